The molecule has 0 aromatic heterocycles. The number of carbonyl (C=O) groups excluding carboxylic acids is 2. The fraction of sp³-hybridized carbons (Fsp3) is 0.857. The zero-order valence-corrected chi connectivity index (χ0v) is 18.3. The molecule has 7 heteroatoms. The molecule has 0 aromatic carbocycles. The second-order valence-electron chi connectivity index (χ2n) is 8.95. The van der Waals surface area contributed by atoms with Crippen molar-refractivity contribution in [3.8, 4) is 0 Å². The first-order chi connectivity index (χ1) is 13.0. The van der Waals surface area contributed by atoms with Crippen LogP contribution in [0.25, 0.3) is 0 Å². The minimum atomic E-state index is -0.836. The Bertz CT molecular complexity index is 521. The summed E-state index contributed by atoms with van der Waals surface area (Å²) in [5.41, 5.74) is -0.731. The molecular weight excluding hydrogens is 360 g/mol. The lowest BCUT2D eigenvalue weighted by molar-refractivity contribution is -0.787. The van der Waals surface area contributed by atoms with E-state index < -0.39 is 34.8 Å². The third-order valence-corrected chi connectivity index (χ3v) is 4.84. The van der Waals surface area contributed by atoms with Gasteiger partial charge in [-0.2, -0.15) is 4.79 Å². The normalized spacial score (nSPS) is 19.4. The van der Waals surface area contributed by atoms with Gasteiger partial charge >= 0.3 is 12.1 Å². The molecule has 1 N–H and O–H groups in total. The highest BCUT2D eigenvalue weighted by molar-refractivity contribution is 5.79. The molecule has 1 saturated carbocycles. The van der Waals surface area contributed by atoms with E-state index in [1.807, 2.05) is 13.8 Å². The van der Waals surface area contributed by atoms with E-state index in [1.54, 1.807) is 27.7 Å². The van der Waals surface area contributed by atoms with Crippen LogP contribution in [-0.2, 0) is 14.3 Å². The molecule has 7 nitrogen and oxygen atoms in total. The van der Waals surface area contributed by atoms with E-state index in [9.17, 15) is 14.8 Å². The van der Waals surface area contributed by atoms with Crippen molar-refractivity contribution in [2.75, 3.05) is 6.61 Å². The Hall–Kier alpha value is -1.47. The van der Waals surface area contributed by atoms with Gasteiger partial charge < -0.3 is 14.7 Å². The largest absolute Gasteiger partial charge is 0.624 e. The minimum Gasteiger partial charge on any atom is -0.624 e. The number of hydroxylamine groups is 2. The highest BCUT2D eigenvalue weighted by Crippen LogP contribution is 2.26. The van der Waals surface area contributed by atoms with Crippen LogP contribution < -0.4 is 5.06 Å². The fourth-order valence-electron chi connectivity index (χ4n) is 3.43. The van der Waals surface area contributed by atoms with Crippen LogP contribution in [0.5, 0.6) is 0 Å². The second kappa shape index (κ2) is 11.5. The standard InChI is InChI=1S/C21H38N2O5/c1-7-27-19(24)18(15(2)3)22-14-17(13-16-11-9-8-10-12-16)23(26)20(25)28-21(4,5)6/h14-18,23H,7-13H2,1-6H3/t17-,18-/m0/s1. The third kappa shape index (κ3) is 8.69. The molecule has 1 amide bonds. The zero-order chi connectivity index (χ0) is 21.3. The van der Waals surface area contributed by atoms with Crippen molar-refractivity contribution < 1.29 is 24.1 Å². The molecule has 0 heterocycles. The monoisotopic (exact) mass is 398 g/mol. The van der Waals surface area contributed by atoms with Crippen molar-refractivity contribution in [1.82, 2.24) is 0 Å². The molecule has 28 heavy (non-hydrogen) atoms. The fourth-order valence-corrected chi connectivity index (χ4v) is 3.43. The molecular formula is C21H38N2O5. The Morgan fingerprint density at radius 3 is 2.32 bits per heavy atom. The maximum Gasteiger partial charge on any atom is 0.515 e. The van der Waals surface area contributed by atoms with Crippen LogP contribution in [0.4, 0.5) is 4.79 Å². The van der Waals surface area contributed by atoms with E-state index in [2.05, 4.69) is 4.99 Å². The minimum absolute atomic E-state index is 0.0674. The summed E-state index contributed by atoms with van der Waals surface area (Å²) in [4.78, 5) is 28.9. The van der Waals surface area contributed by atoms with E-state index in [-0.39, 0.29) is 12.5 Å². The second-order valence-corrected chi connectivity index (χ2v) is 8.95. The van der Waals surface area contributed by atoms with Crippen molar-refractivity contribution in [1.29, 1.82) is 0 Å². The van der Waals surface area contributed by atoms with Crippen molar-refractivity contribution in [2.45, 2.75) is 97.8 Å². The Kier molecular flexibility index (Phi) is 10.1. The number of hydrogen-bond acceptors (Lipinski definition) is 6. The molecule has 1 rings (SSSR count). The van der Waals surface area contributed by atoms with Crippen LogP contribution in [-0.4, -0.2) is 42.6 Å². The number of nitrogens with one attached hydrogen (secondary N) is 1. The number of quaternary nitrogens is 1. The maximum absolute atomic E-state index is 12.8. The van der Waals surface area contributed by atoms with Crippen LogP contribution in [0.2, 0.25) is 0 Å². The summed E-state index contributed by atoms with van der Waals surface area (Å²) in [5, 5.41) is 12.2. The van der Waals surface area contributed by atoms with Crippen LogP contribution in [0, 0.1) is 17.0 Å². The van der Waals surface area contributed by atoms with Crippen LogP contribution >= 0.6 is 0 Å². The first-order valence-electron chi connectivity index (χ1n) is 10.5. The number of ether oxygens (including phenoxy) is 2. The number of aliphatic imine (C=N–C) groups is 1. The molecule has 0 radical (unpaired) electrons. The van der Waals surface area contributed by atoms with Gasteiger partial charge in [0.05, 0.1) is 12.8 Å². The molecule has 0 aromatic rings. The maximum atomic E-state index is 12.8. The van der Waals surface area contributed by atoms with E-state index >= 15 is 0 Å². The van der Waals surface area contributed by atoms with Gasteiger partial charge in [0.25, 0.3) is 0 Å². The summed E-state index contributed by atoms with van der Waals surface area (Å²) >= 11 is 0. The van der Waals surface area contributed by atoms with Gasteiger partial charge in [-0.05, 0) is 39.5 Å². The predicted molar refractivity (Wildman–Crippen MR) is 109 cm³/mol. The average Bonchev–Trinajstić information content (AvgIpc) is 2.59. The number of alkyl carbamates (subject to hydrolysis) is 1. The van der Waals surface area contributed by atoms with Gasteiger partial charge in [0.1, 0.15) is 17.7 Å². The van der Waals surface area contributed by atoms with Crippen molar-refractivity contribution >= 4 is 18.3 Å². The van der Waals surface area contributed by atoms with E-state index in [4.69, 9.17) is 9.47 Å². The number of esters is 1. The summed E-state index contributed by atoms with van der Waals surface area (Å²) < 4.78 is 10.4. The molecule has 0 bridgehead atoms. The van der Waals surface area contributed by atoms with Crippen LogP contribution in [0.3, 0.4) is 0 Å². The lowest BCUT2D eigenvalue weighted by atomic mass is 9.85. The topological polar surface area (TPSA) is 92.5 Å². The van der Waals surface area contributed by atoms with Gasteiger partial charge in [-0.25, -0.2) is 4.79 Å². The van der Waals surface area contributed by atoms with Gasteiger partial charge in [-0.15, -0.1) is 0 Å². The Labute approximate surface area is 169 Å². The van der Waals surface area contributed by atoms with Crippen molar-refractivity contribution in [2.24, 2.45) is 16.8 Å². The summed E-state index contributed by atoms with van der Waals surface area (Å²) in [7, 11) is 0. The number of amides is 1. The Balaban J connectivity index is 2.97. The van der Waals surface area contributed by atoms with Crippen LogP contribution in [0.1, 0.15) is 80.1 Å². The smallest absolute Gasteiger partial charge is 0.515 e. The first kappa shape index (κ1) is 24.6. The lowest BCUT2D eigenvalue weighted by Gasteiger charge is -2.32. The average molecular weight is 399 g/mol. The summed E-state index contributed by atoms with van der Waals surface area (Å²) in [5.74, 6) is -0.0891. The molecule has 1 aliphatic carbocycles. The van der Waals surface area contributed by atoms with E-state index in [0.717, 1.165) is 25.7 Å². The number of hydrogen-bond donors (Lipinski definition) is 1. The van der Waals surface area contributed by atoms with Crippen LogP contribution in [0.15, 0.2) is 4.99 Å². The van der Waals surface area contributed by atoms with Gasteiger partial charge in [-0.1, -0.05) is 46.0 Å². The quantitative estimate of drug-likeness (QED) is 0.385. The molecule has 0 aliphatic heterocycles. The van der Waals surface area contributed by atoms with Gasteiger partial charge in [0.15, 0.2) is 0 Å². The summed E-state index contributed by atoms with van der Waals surface area (Å²) in [6.45, 7) is 11.0. The molecule has 1 fully saturated rings. The first-order valence-corrected chi connectivity index (χ1v) is 10.5. The molecule has 0 spiro atoms. The van der Waals surface area contributed by atoms with Crippen molar-refractivity contribution in [3.63, 3.8) is 0 Å². The lowest BCUT2D eigenvalue weighted by Crippen LogP contribution is -3.14. The zero-order valence-electron chi connectivity index (χ0n) is 18.3. The predicted octanol–water partition coefficient (Wildman–Crippen LogP) is 3.30. The Morgan fingerprint density at radius 1 is 1.21 bits per heavy atom. The van der Waals surface area contributed by atoms with E-state index in [0.29, 0.717) is 12.3 Å². The van der Waals surface area contributed by atoms with Gasteiger partial charge in [-0.3, -0.25) is 10.1 Å². The number of rotatable bonds is 8. The summed E-state index contributed by atoms with van der Waals surface area (Å²) in [6, 6.07) is -1.35. The molecule has 0 saturated heterocycles. The molecule has 162 valence electrons. The third-order valence-electron chi connectivity index (χ3n) is 4.84. The highest BCUT2D eigenvalue weighted by Gasteiger charge is 2.31. The Morgan fingerprint density at radius 2 is 1.82 bits per heavy atom. The van der Waals surface area contributed by atoms with Gasteiger partial charge in [0.2, 0.25) is 0 Å². The molecule has 1 unspecified atom stereocenters. The van der Waals surface area contributed by atoms with Gasteiger partial charge in [0, 0.05) is 6.42 Å². The SMILES string of the molecule is CCOC(=O)[C@@H](N=C[C@H](CC1CCCCC1)[NH+]([O-])C(=O)OC(C)(C)C)C(C)C. The molecule has 1 aliphatic rings. The highest BCUT2D eigenvalue weighted by atomic mass is 16.6. The van der Waals surface area contributed by atoms with Crippen molar-refractivity contribution in [3.05, 3.63) is 5.21 Å². The van der Waals surface area contributed by atoms with E-state index in [1.165, 1.54) is 12.6 Å². The molecule has 3 atom stereocenters. The number of carbonyl (C=O) groups is 2. The summed E-state index contributed by atoms with van der Waals surface area (Å²) in [6.07, 6.45) is 6.83. The number of nitrogens with zero attached hydrogens (tertiary/aromatic N) is 1.